The van der Waals surface area contributed by atoms with Crippen molar-refractivity contribution in [2.75, 3.05) is 13.1 Å². The molecule has 160 valence electrons. The lowest BCUT2D eigenvalue weighted by molar-refractivity contribution is 0.0606. The Hall–Kier alpha value is -2.16. The number of benzene rings is 2. The molecule has 0 saturated heterocycles. The van der Waals surface area contributed by atoms with Crippen LogP contribution in [0.2, 0.25) is 0 Å². The minimum Gasteiger partial charge on any atom is -0.307 e. The van der Waals surface area contributed by atoms with Gasteiger partial charge in [0.1, 0.15) is 0 Å². The average molecular weight is 501 g/mol. The molecule has 4 rings (SSSR count). The summed E-state index contributed by atoms with van der Waals surface area (Å²) < 4.78 is -3.95. The van der Waals surface area contributed by atoms with Crippen molar-refractivity contribution in [2.45, 2.75) is 8.91 Å². The molecule has 0 aliphatic carbocycles. The molecule has 31 heavy (non-hydrogen) atoms. The lowest BCUT2D eigenvalue weighted by Crippen LogP contribution is -2.54. The van der Waals surface area contributed by atoms with E-state index >= 15 is 0 Å². The number of hydrogen-bond acceptors (Lipinski definition) is 5. The SMILES string of the molecule is O=C1c2ccccc2C(=O)N1C(Cl)(Cl)CNCC(Cl)(Cl)N1C(=O)c2ccccc2C1=O. The van der Waals surface area contributed by atoms with Crippen molar-refractivity contribution < 1.29 is 19.2 Å². The number of nitrogens with zero attached hydrogens (tertiary/aromatic N) is 2. The zero-order valence-corrected chi connectivity index (χ0v) is 18.6. The van der Waals surface area contributed by atoms with Gasteiger partial charge in [-0.25, -0.2) is 9.80 Å². The first-order chi connectivity index (χ1) is 14.6. The monoisotopic (exact) mass is 499 g/mol. The number of rotatable bonds is 6. The topological polar surface area (TPSA) is 86.8 Å². The minimum absolute atomic E-state index is 0.188. The van der Waals surface area contributed by atoms with Gasteiger partial charge in [-0.05, 0) is 24.3 Å². The van der Waals surface area contributed by atoms with Crippen LogP contribution in [0.4, 0.5) is 0 Å². The third-order valence-corrected chi connectivity index (χ3v) is 6.13. The smallest absolute Gasteiger partial charge is 0.264 e. The van der Waals surface area contributed by atoms with Crippen molar-refractivity contribution in [1.29, 1.82) is 0 Å². The molecule has 0 spiro atoms. The highest BCUT2D eigenvalue weighted by Gasteiger charge is 2.49. The maximum absolute atomic E-state index is 12.6. The summed E-state index contributed by atoms with van der Waals surface area (Å²) >= 11 is 25.2. The maximum atomic E-state index is 12.6. The zero-order valence-electron chi connectivity index (χ0n) is 15.6. The van der Waals surface area contributed by atoms with Crippen LogP contribution >= 0.6 is 46.4 Å². The van der Waals surface area contributed by atoms with E-state index in [9.17, 15) is 19.2 Å². The predicted molar refractivity (Wildman–Crippen MR) is 116 cm³/mol. The molecule has 2 aliphatic rings. The number of alkyl halides is 4. The molecular weight excluding hydrogens is 488 g/mol. The summed E-state index contributed by atoms with van der Waals surface area (Å²) in [4.78, 5) is 51.8. The van der Waals surface area contributed by atoms with Gasteiger partial charge < -0.3 is 5.32 Å². The van der Waals surface area contributed by atoms with Crippen LogP contribution in [-0.4, -0.2) is 55.4 Å². The number of hydrogen-bond donors (Lipinski definition) is 1. The molecule has 2 heterocycles. The summed E-state index contributed by atoms with van der Waals surface area (Å²) in [5, 5.41) is 2.74. The highest BCUT2D eigenvalue weighted by atomic mass is 35.5. The first kappa shape index (κ1) is 22.0. The zero-order chi connectivity index (χ0) is 22.6. The van der Waals surface area contributed by atoms with E-state index in [4.69, 9.17) is 46.4 Å². The molecule has 2 aromatic rings. The summed E-state index contributed by atoms with van der Waals surface area (Å²) in [6, 6.07) is 12.5. The number of carbonyl (C=O) groups is 4. The van der Waals surface area contributed by atoms with E-state index in [2.05, 4.69) is 5.32 Å². The van der Waals surface area contributed by atoms with Crippen molar-refractivity contribution in [2.24, 2.45) is 0 Å². The molecule has 1 N–H and O–H groups in total. The minimum atomic E-state index is -1.97. The Morgan fingerprint density at radius 3 is 1.10 bits per heavy atom. The summed E-state index contributed by atoms with van der Waals surface area (Å²) in [7, 11) is 0. The van der Waals surface area contributed by atoms with E-state index in [1.165, 1.54) is 24.3 Å². The van der Waals surface area contributed by atoms with Crippen molar-refractivity contribution in [3.05, 3.63) is 70.8 Å². The van der Waals surface area contributed by atoms with Crippen LogP contribution in [0.1, 0.15) is 41.4 Å². The fraction of sp³-hybridized carbons (Fsp3) is 0.200. The lowest BCUT2D eigenvalue weighted by Gasteiger charge is -2.32. The van der Waals surface area contributed by atoms with E-state index in [0.29, 0.717) is 0 Å². The first-order valence-electron chi connectivity index (χ1n) is 8.98. The number of amides is 4. The number of halogens is 4. The molecule has 0 bridgehead atoms. The molecule has 0 aromatic heterocycles. The third-order valence-electron chi connectivity index (χ3n) is 4.92. The van der Waals surface area contributed by atoms with E-state index in [1.807, 2.05) is 0 Å². The Bertz CT molecular complexity index is 977. The second kappa shape index (κ2) is 7.76. The van der Waals surface area contributed by atoms with E-state index in [0.717, 1.165) is 9.80 Å². The maximum Gasteiger partial charge on any atom is 0.264 e. The number of imide groups is 2. The summed E-state index contributed by atoms with van der Waals surface area (Å²) in [6.07, 6.45) is 0. The second-order valence-electron chi connectivity index (χ2n) is 6.92. The van der Waals surface area contributed by atoms with Crippen LogP contribution in [0.5, 0.6) is 0 Å². The van der Waals surface area contributed by atoms with Crippen molar-refractivity contribution in [3.8, 4) is 0 Å². The molecule has 0 saturated carbocycles. The Kier molecular flexibility index (Phi) is 5.52. The van der Waals surface area contributed by atoms with E-state index in [1.54, 1.807) is 24.3 Å². The van der Waals surface area contributed by atoms with Crippen LogP contribution in [-0.2, 0) is 0 Å². The fourth-order valence-corrected chi connectivity index (χ4v) is 4.49. The Balaban J connectivity index is 1.45. The van der Waals surface area contributed by atoms with Gasteiger partial charge in [-0.2, -0.15) is 0 Å². The number of carbonyl (C=O) groups excluding carboxylic acids is 4. The second-order valence-corrected chi connectivity index (χ2v) is 9.81. The third kappa shape index (κ3) is 3.60. The standard InChI is InChI=1S/C20H13Cl4N3O4/c21-19(22,26-15(28)11-5-1-2-6-12(11)16(26)29)9-25-10-20(23,24)27-17(30)13-7-3-4-8-14(13)18(27)31/h1-8,25H,9-10H2. The van der Waals surface area contributed by atoms with Gasteiger partial charge in [0, 0.05) is 13.1 Å². The summed E-state index contributed by atoms with van der Waals surface area (Å²) in [6.45, 7) is -0.655. The predicted octanol–water partition coefficient (Wildman–Crippen LogP) is 3.43. The van der Waals surface area contributed by atoms with Crippen molar-refractivity contribution in [1.82, 2.24) is 15.1 Å². The van der Waals surface area contributed by atoms with Crippen LogP contribution < -0.4 is 5.32 Å². The van der Waals surface area contributed by atoms with Gasteiger partial charge in [-0.1, -0.05) is 70.7 Å². The molecular formula is C20H13Cl4N3O4. The molecule has 0 fully saturated rings. The average Bonchev–Trinajstić information content (AvgIpc) is 3.13. The molecule has 0 atom stereocenters. The first-order valence-corrected chi connectivity index (χ1v) is 10.5. The Labute approximate surface area is 196 Å². The van der Waals surface area contributed by atoms with Crippen molar-refractivity contribution >= 4 is 70.0 Å². The molecule has 11 heteroatoms. The van der Waals surface area contributed by atoms with Gasteiger partial charge in [-0.15, -0.1) is 0 Å². The van der Waals surface area contributed by atoms with Gasteiger partial charge in [0.2, 0.25) is 8.91 Å². The quantitative estimate of drug-likeness (QED) is 0.373. The number of nitrogens with one attached hydrogen (secondary N) is 1. The van der Waals surface area contributed by atoms with Gasteiger partial charge in [0.15, 0.2) is 0 Å². The molecule has 2 aliphatic heterocycles. The van der Waals surface area contributed by atoms with Crippen molar-refractivity contribution in [3.63, 3.8) is 0 Å². The highest BCUT2D eigenvalue weighted by molar-refractivity contribution is 6.52. The highest BCUT2D eigenvalue weighted by Crippen LogP contribution is 2.37. The molecule has 0 radical (unpaired) electrons. The summed E-state index contributed by atoms with van der Waals surface area (Å²) in [5.74, 6) is -2.57. The molecule has 4 amide bonds. The summed E-state index contributed by atoms with van der Waals surface area (Å²) in [5.41, 5.74) is 0.753. The van der Waals surface area contributed by atoms with Crippen LogP contribution in [0.3, 0.4) is 0 Å². The van der Waals surface area contributed by atoms with E-state index < -0.39 is 32.5 Å². The van der Waals surface area contributed by atoms with Crippen LogP contribution in [0.25, 0.3) is 0 Å². The fourth-order valence-electron chi connectivity index (χ4n) is 3.49. The Morgan fingerprint density at radius 1 is 0.581 bits per heavy atom. The van der Waals surface area contributed by atoms with Gasteiger partial charge in [0.05, 0.1) is 22.3 Å². The van der Waals surface area contributed by atoms with Gasteiger partial charge in [0.25, 0.3) is 23.6 Å². The Morgan fingerprint density at radius 2 is 0.839 bits per heavy atom. The molecule has 2 aromatic carbocycles. The van der Waals surface area contributed by atoms with E-state index in [-0.39, 0.29) is 35.3 Å². The number of fused-ring (bicyclic) bond motifs is 2. The van der Waals surface area contributed by atoms with Crippen LogP contribution in [0.15, 0.2) is 48.5 Å². The molecule has 7 nitrogen and oxygen atoms in total. The van der Waals surface area contributed by atoms with Gasteiger partial charge in [-0.3, -0.25) is 19.2 Å². The molecule has 0 unspecified atom stereocenters. The van der Waals surface area contributed by atoms with Crippen LogP contribution in [0, 0.1) is 0 Å². The normalized spacial score (nSPS) is 16.3. The lowest BCUT2D eigenvalue weighted by atomic mass is 10.1. The van der Waals surface area contributed by atoms with Gasteiger partial charge >= 0.3 is 0 Å². The largest absolute Gasteiger partial charge is 0.307 e.